The van der Waals surface area contributed by atoms with Gasteiger partial charge in [0.2, 0.25) is 0 Å². The third-order valence-corrected chi connectivity index (χ3v) is 4.43. The molecule has 11 heteroatoms. The Labute approximate surface area is 167 Å². The van der Waals surface area contributed by atoms with Gasteiger partial charge in [0.1, 0.15) is 11.4 Å². The van der Waals surface area contributed by atoms with Crippen LogP contribution < -0.4 is 14.8 Å². The van der Waals surface area contributed by atoms with Crippen molar-refractivity contribution in [1.82, 2.24) is 4.98 Å². The molecule has 2 rings (SSSR count). The fourth-order valence-electron chi connectivity index (χ4n) is 2.07. The number of carbonyl (C=O) groups excluding carboxylic acids is 1. The number of carbonyl (C=O) groups is 2. The molecule has 1 amide bonds. The summed E-state index contributed by atoms with van der Waals surface area (Å²) in [4.78, 5) is 26.6. The Bertz CT molecular complexity index is 986. The average molecular weight is 423 g/mol. The molecule has 29 heavy (non-hydrogen) atoms. The molecule has 1 heterocycles. The lowest BCUT2D eigenvalue weighted by Gasteiger charge is -2.21. The molecule has 156 valence electrons. The van der Waals surface area contributed by atoms with Gasteiger partial charge in [-0.05, 0) is 45.0 Å². The molecule has 0 saturated carbocycles. The molecule has 0 aliphatic carbocycles. The molecule has 0 spiro atoms. The van der Waals surface area contributed by atoms with E-state index in [-0.39, 0.29) is 22.2 Å². The predicted molar refractivity (Wildman–Crippen MR) is 104 cm³/mol. The minimum Gasteiger partial charge on any atom is -0.482 e. The van der Waals surface area contributed by atoms with Crippen LogP contribution in [0.5, 0.6) is 5.75 Å². The molecule has 1 aromatic carbocycles. The van der Waals surface area contributed by atoms with Gasteiger partial charge in [-0.1, -0.05) is 6.07 Å². The van der Waals surface area contributed by atoms with E-state index in [9.17, 15) is 18.0 Å². The summed E-state index contributed by atoms with van der Waals surface area (Å²) in [6.07, 6.45) is 0.524. The zero-order valence-electron chi connectivity index (χ0n) is 16.0. The van der Waals surface area contributed by atoms with E-state index in [4.69, 9.17) is 14.6 Å². The van der Waals surface area contributed by atoms with E-state index in [0.717, 1.165) is 0 Å². The van der Waals surface area contributed by atoms with Crippen LogP contribution in [0, 0.1) is 0 Å². The van der Waals surface area contributed by atoms with Crippen molar-refractivity contribution in [2.75, 3.05) is 16.6 Å². The normalized spacial score (nSPS) is 11.4. The first kappa shape index (κ1) is 22.0. The van der Waals surface area contributed by atoms with Crippen LogP contribution in [-0.4, -0.2) is 42.8 Å². The molecule has 0 aliphatic heterocycles. The smallest absolute Gasteiger partial charge is 0.412 e. The Hall–Kier alpha value is -3.34. The van der Waals surface area contributed by atoms with E-state index in [1.54, 1.807) is 26.8 Å². The molecule has 0 bridgehead atoms. The van der Waals surface area contributed by atoms with Gasteiger partial charge in [-0.3, -0.25) is 10.0 Å². The fourth-order valence-corrected chi connectivity index (χ4v) is 3.09. The highest BCUT2D eigenvalue weighted by Gasteiger charge is 2.21. The molecule has 0 radical (unpaired) electrons. The molecule has 10 nitrogen and oxygen atoms in total. The highest BCUT2D eigenvalue weighted by atomic mass is 32.2. The summed E-state index contributed by atoms with van der Waals surface area (Å²) in [5.74, 6) is -1.11. The number of hydrogen-bond acceptors (Lipinski definition) is 7. The standard InChI is InChI=1S/C18H21N3O7S/c1-18(2,3)28-17(24)20-13-8-7-12(27-11-16(22)23)10-14(13)21-29(25,26)15-6-4-5-9-19-15/h4-10,21H,11H2,1-3H3,(H,20,24)(H,22,23). The number of anilines is 2. The second kappa shape index (κ2) is 8.78. The third-order valence-electron chi connectivity index (χ3n) is 3.15. The van der Waals surface area contributed by atoms with Crippen LogP contribution in [-0.2, 0) is 19.6 Å². The number of aromatic nitrogens is 1. The van der Waals surface area contributed by atoms with Gasteiger partial charge in [0.15, 0.2) is 11.6 Å². The fraction of sp³-hybridized carbons (Fsp3) is 0.278. The summed E-state index contributed by atoms with van der Waals surface area (Å²) >= 11 is 0. The van der Waals surface area contributed by atoms with Crippen LogP contribution in [0.2, 0.25) is 0 Å². The number of hydrogen-bond donors (Lipinski definition) is 3. The first-order chi connectivity index (χ1) is 13.5. The molecule has 1 aromatic heterocycles. The van der Waals surface area contributed by atoms with E-state index < -0.39 is 34.3 Å². The molecule has 2 aromatic rings. The van der Waals surface area contributed by atoms with Crippen molar-refractivity contribution in [2.24, 2.45) is 0 Å². The number of sulfonamides is 1. The molecule has 3 N–H and O–H groups in total. The van der Waals surface area contributed by atoms with Crippen LogP contribution in [0.4, 0.5) is 16.2 Å². The lowest BCUT2D eigenvalue weighted by molar-refractivity contribution is -0.139. The van der Waals surface area contributed by atoms with Gasteiger partial charge < -0.3 is 14.6 Å². The molecule has 0 aliphatic rings. The van der Waals surface area contributed by atoms with Gasteiger partial charge >= 0.3 is 12.1 Å². The first-order valence-corrected chi connectivity index (χ1v) is 9.87. The SMILES string of the molecule is CC(C)(C)OC(=O)Nc1ccc(OCC(=O)O)cc1NS(=O)(=O)c1ccccn1. The zero-order valence-corrected chi connectivity index (χ0v) is 16.8. The van der Waals surface area contributed by atoms with E-state index >= 15 is 0 Å². The number of pyridine rings is 1. The van der Waals surface area contributed by atoms with Crippen molar-refractivity contribution < 1.29 is 32.6 Å². The Morgan fingerprint density at radius 3 is 2.45 bits per heavy atom. The van der Waals surface area contributed by atoms with Crippen molar-refractivity contribution in [3.05, 3.63) is 42.6 Å². The highest BCUT2D eigenvalue weighted by molar-refractivity contribution is 7.92. The number of amides is 1. The quantitative estimate of drug-likeness (QED) is 0.616. The van der Waals surface area contributed by atoms with Crippen LogP contribution >= 0.6 is 0 Å². The molecule has 0 unspecified atom stereocenters. The number of benzene rings is 1. The van der Waals surface area contributed by atoms with Crippen molar-refractivity contribution in [3.63, 3.8) is 0 Å². The highest BCUT2D eigenvalue weighted by Crippen LogP contribution is 2.29. The van der Waals surface area contributed by atoms with Crippen molar-refractivity contribution in [2.45, 2.75) is 31.4 Å². The average Bonchev–Trinajstić information content (AvgIpc) is 2.60. The Kier molecular flexibility index (Phi) is 6.64. The second-order valence-corrected chi connectivity index (χ2v) is 8.42. The van der Waals surface area contributed by atoms with Crippen LogP contribution in [0.25, 0.3) is 0 Å². The Morgan fingerprint density at radius 1 is 1.14 bits per heavy atom. The maximum Gasteiger partial charge on any atom is 0.412 e. The third kappa shape index (κ3) is 6.96. The zero-order chi connectivity index (χ0) is 21.7. The number of ether oxygens (including phenoxy) is 2. The molecular weight excluding hydrogens is 402 g/mol. The maximum atomic E-state index is 12.6. The lowest BCUT2D eigenvalue weighted by Crippen LogP contribution is -2.27. The van der Waals surface area contributed by atoms with Crippen molar-refractivity contribution in [1.29, 1.82) is 0 Å². The topological polar surface area (TPSA) is 144 Å². The number of aliphatic carboxylic acids is 1. The molecular formula is C18H21N3O7S. The summed E-state index contributed by atoms with van der Waals surface area (Å²) in [6, 6.07) is 8.36. The van der Waals surface area contributed by atoms with Gasteiger partial charge in [-0.25, -0.2) is 14.6 Å². The lowest BCUT2D eigenvalue weighted by atomic mass is 10.2. The number of carboxylic acid groups (broad SMARTS) is 1. The Morgan fingerprint density at radius 2 is 1.86 bits per heavy atom. The summed E-state index contributed by atoms with van der Waals surface area (Å²) in [7, 11) is -4.08. The summed E-state index contributed by atoms with van der Waals surface area (Å²) in [5.41, 5.74) is -0.728. The predicted octanol–water partition coefficient (Wildman–Crippen LogP) is 2.69. The van der Waals surface area contributed by atoms with E-state index in [1.165, 1.54) is 36.5 Å². The molecule has 0 fully saturated rings. The van der Waals surface area contributed by atoms with E-state index in [0.29, 0.717) is 0 Å². The van der Waals surface area contributed by atoms with Crippen molar-refractivity contribution >= 4 is 33.5 Å². The molecule has 0 saturated heterocycles. The van der Waals surface area contributed by atoms with Gasteiger partial charge in [0.25, 0.3) is 10.0 Å². The number of nitrogens with one attached hydrogen (secondary N) is 2. The minimum absolute atomic E-state index is 0.0515. The summed E-state index contributed by atoms with van der Waals surface area (Å²) < 4.78 is 37.7. The number of carboxylic acids is 1. The largest absolute Gasteiger partial charge is 0.482 e. The van der Waals surface area contributed by atoms with Crippen LogP contribution in [0.15, 0.2) is 47.6 Å². The van der Waals surface area contributed by atoms with Crippen LogP contribution in [0.1, 0.15) is 20.8 Å². The van der Waals surface area contributed by atoms with Gasteiger partial charge in [0.05, 0.1) is 11.4 Å². The monoisotopic (exact) mass is 423 g/mol. The number of nitrogens with zero attached hydrogens (tertiary/aromatic N) is 1. The number of rotatable bonds is 7. The van der Waals surface area contributed by atoms with Crippen molar-refractivity contribution in [3.8, 4) is 5.75 Å². The molecule has 0 atom stereocenters. The Balaban J connectivity index is 2.35. The van der Waals surface area contributed by atoms with Crippen LogP contribution in [0.3, 0.4) is 0 Å². The first-order valence-electron chi connectivity index (χ1n) is 8.39. The van der Waals surface area contributed by atoms with Gasteiger partial charge in [0, 0.05) is 12.3 Å². The summed E-state index contributed by atoms with van der Waals surface area (Å²) in [5, 5.41) is 11.0. The maximum absolute atomic E-state index is 12.6. The summed E-state index contributed by atoms with van der Waals surface area (Å²) in [6.45, 7) is 4.42. The van der Waals surface area contributed by atoms with Gasteiger partial charge in [-0.15, -0.1) is 0 Å². The second-order valence-electron chi connectivity index (χ2n) is 6.79. The minimum atomic E-state index is -4.08. The van der Waals surface area contributed by atoms with Gasteiger partial charge in [-0.2, -0.15) is 8.42 Å². The van der Waals surface area contributed by atoms with E-state index in [1.807, 2.05) is 0 Å². The van der Waals surface area contributed by atoms with E-state index in [2.05, 4.69) is 15.0 Å².